The summed E-state index contributed by atoms with van der Waals surface area (Å²) in [5, 5.41) is 7.56. The summed E-state index contributed by atoms with van der Waals surface area (Å²) < 4.78 is 0. The molecule has 2 heteroatoms. The molecule has 1 saturated carbocycles. The molecule has 0 amide bonds. The predicted molar refractivity (Wildman–Crippen MR) is 91.5 cm³/mol. The topological polar surface area (TPSA) is 24.1 Å². The van der Waals surface area contributed by atoms with Gasteiger partial charge in [-0.2, -0.15) is 0 Å². The fourth-order valence-electron chi connectivity index (χ4n) is 5.54. The Bertz CT molecular complexity index is 753. The summed E-state index contributed by atoms with van der Waals surface area (Å²) >= 11 is 0. The van der Waals surface area contributed by atoms with Crippen LogP contribution in [0, 0.1) is 11.3 Å². The van der Waals surface area contributed by atoms with Crippen molar-refractivity contribution in [2.75, 3.05) is 17.2 Å². The Morgan fingerprint density at radius 1 is 0.955 bits per heavy atom. The van der Waals surface area contributed by atoms with Crippen LogP contribution in [0.25, 0.3) is 0 Å². The van der Waals surface area contributed by atoms with Crippen LogP contribution in [0.4, 0.5) is 11.4 Å². The van der Waals surface area contributed by atoms with Crippen molar-refractivity contribution in [3.8, 4) is 0 Å². The van der Waals surface area contributed by atoms with Crippen LogP contribution in [0.5, 0.6) is 0 Å². The van der Waals surface area contributed by atoms with Gasteiger partial charge in [-0.15, -0.1) is 0 Å². The monoisotopic (exact) mass is 290 g/mol. The first-order valence-corrected chi connectivity index (χ1v) is 8.38. The van der Waals surface area contributed by atoms with Crippen molar-refractivity contribution in [1.82, 2.24) is 0 Å². The zero-order valence-electron chi connectivity index (χ0n) is 13.1. The highest BCUT2D eigenvalue weighted by Gasteiger charge is 2.60. The summed E-state index contributed by atoms with van der Waals surface area (Å²) in [5.74, 6) is 1.88. The molecule has 2 aromatic rings. The van der Waals surface area contributed by atoms with E-state index in [1.807, 2.05) is 0 Å². The fourth-order valence-corrected chi connectivity index (χ4v) is 5.54. The van der Waals surface area contributed by atoms with E-state index in [4.69, 9.17) is 0 Å². The van der Waals surface area contributed by atoms with E-state index < -0.39 is 0 Å². The number of hydrogen-bond acceptors (Lipinski definition) is 2. The van der Waals surface area contributed by atoms with Crippen LogP contribution in [0.3, 0.4) is 0 Å². The van der Waals surface area contributed by atoms with Crippen LogP contribution in [0.2, 0.25) is 0 Å². The van der Waals surface area contributed by atoms with Crippen LogP contribution in [-0.4, -0.2) is 12.6 Å². The molecule has 3 aliphatic rings. The van der Waals surface area contributed by atoms with Gasteiger partial charge < -0.3 is 10.6 Å². The third-order valence-corrected chi connectivity index (χ3v) is 6.46. The fraction of sp³-hybridized carbons (Fsp3) is 0.400. The third kappa shape index (κ3) is 1.36. The Labute approximate surface area is 131 Å². The molecule has 2 N–H and O–H groups in total. The number of benzene rings is 2. The second-order valence-corrected chi connectivity index (χ2v) is 7.52. The summed E-state index contributed by atoms with van der Waals surface area (Å²) in [7, 11) is 0. The van der Waals surface area contributed by atoms with Gasteiger partial charge in [0.1, 0.15) is 0 Å². The Hall–Kier alpha value is -1.96. The van der Waals surface area contributed by atoms with Gasteiger partial charge in [-0.3, -0.25) is 0 Å². The number of hydrogen-bond donors (Lipinski definition) is 2. The first-order chi connectivity index (χ1) is 10.7. The lowest BCUT2D eigenvalue weighted by atomic mass is 9.68. The lowest BCUT2D eigenvalue weighted by molar-refractivity contribution is 0.274. The third-order valence-electron chi connectivity index (χ3n) is 6.46. The molecule has 0 unspecified atom stereocenters. The van der Waals surface area contributed by atoms with E-state index in [2.05, 4.69) is 73.0 Å². The van der Waals surface area contributed by atoms with Gasteiger partial charge in [0.05, 0.1) is 0 Å². The first kappa shape index (κ1) is 12.6. The van der Waals surface area contributed by atoms with Crippen molar-refractivity contribution < 1.29 is 0 Å². The van der Waals surface area contributed by atoms with Crippen molar-refractivity contribution in [3.05, 3.63) is 59.7 Å². The highest BCUT2D eigenvalue weighted by Crippen LogP contribution is 2.65. The van der Waals surface area contributed by atoms with Crippen LogP contribution in [0.1, 0.15) is 36.8 Å². The predicted octanol–water partition coefficient (Wildman–Crippen LogP) is 4.43. The van der Waals surface area contributed by atoms with E-state index in [-0.39, 0.29) is 5.41 Å². The number of para-hydroxylation sites is 2. The van der Waals surface area contributed by atoms with Crippen molar-refractivity contribution in [2.45, 2.75) is 31.7 Å². The molecule has 0 radical (unpaired) electrons. The Balaban J connectivity index is 1.77. The summed E-state index contributed by atoms with van der Waals surface area (Å²) in [6.07, 6.45) is 0. The Kier molecular flexibility index (Phi) is 2.32. The van der Waals surface area contributed by atoms with Crippen molar-refractivity contribution in [1.29, 1.82) is 0 Å². The van der Waals surface area contributed by atoms with Gasteiger partial charge in [0.15, 0.2) is 0 Å². The van der Waals surface area contributed by atoms with Crippen LogP contribution < -0.4 is 10.6 Å². The number of fused-ring (bicyclic) bond motifs is 9. The molecule has 2 aliphatic heterocycles. The van der Waals surface area contributed by atoms with E-state index >= 15 is 0 Å². The number of anilines is 2. The zero-order valence-corrected chi connectivity index (χ0v) is 13.1. The first-order valence-electron chi connectivity index (χ1n) is 8.38. The number of rotatable bonds is 0. The average molecular weight is 290 g/mol. The van der Waals surface area contributed by atoms with Crippen molar-refractivity contribution in [3.63, 3.8) is 0 Å². The zero-order chi connectivity index (χ0) is 14.9. The molecule has 0 aromatic heterocycles. The van der Waals surface area contributed by atoms with E-state index in [1.165, 1.54) is 22.5 Å². The lowest BCUT2D eigenvalue weighted by Gasteiger charge is -2.42. The number of nitrogens with one attached hydrogen (secondary N) is 2. The maximum absolute atomic E-state index is 3.87. The molecule has 0 spiro atoms. The Morgan fingerprint density at radius 2 is 1.64 bits per heavy atom. The van der Waals surface area contributed by atoms with E-state index in [0.29, 0.717) is 23.8 Å². The van der Waals surface area contributed by atoms with Crippen molar-refractivity contribution in [2.24, 2.45) is 11.3 Å². The maximum Gasteiger partial charge on any atom is 0.0378 e. The normalized spacial score (nSPS) is 37.4. The smallest absolute Gasteiger partial charge is 0.0378 e. The van der Waals surface area contributed by atoms with Crippen molar-refractivity contribution >= 4 is 11.4 Å². The molecule has 1 aliphatic carbocycles. The van der Waals surface area contributed by atoms with Gasteiger partial charge in [-0.05, 0) is 35.1 Å². The lowest BCUT2D eigenvalue weighted by Crippen LogP contribution is -2.46. The molecule has 0 saturated heterocycles. The SMILES string of the molecule is C[C@@H]1[C@H]2c3ccccc3N[C@@H]1[C@]1(C)CNc3ccccc3[C@H]21. The van der Waals surface area contributed by atoms with Gasteiger partial charge in [-0.25, -0.2) is 0 Å². The van der Waals surface area contributed by atoms with Crippen LogP contribution >= 0.6 is 0 Å². The van der Waals surface area contributed by atoms with Gasteiger partial charge in [0.25, 0.3) is 0 Å². The summed E-state index contributed by atoms with van der Waals surface area (Å²) in [6.45, 7) is 5.96. The molecule has 5 rings (SSSR count). The molecule has 22 heavy (non-hydrogen) atoms. The minimum Gasteiger partial charge on any atom is -0.384 e. The standard InChI is InChI=1S/C20H22N2/c1-12-17-13-7-3-6-10-16(13)22-19(12)20(2)11-21-15-9-5-4-8-14(15)18(17)20/h3-10,12,17-19,21-22H,11H2,1-2H3/t12-,17+,18-,19+,20-/m1/s1. The average Bonchev–Trinajstić information content (AvgIpc) is 2.70. The molecule has 2 nitrogen and oxygen atoms in total. The van der Waals surface area contributed by atoms with E-state index in [1.54, 1.807) is 0 Å². The molecular formula is C20H22N2. The van der Waals surface area contributed by atoms with Crippen LogP contribution in [-0.2, 0) is 0 Å². The molecule has 2 aromatic carbocycles. The molecule has 112 valence electrons. The van der Waals surface area contributed by atoms with Crippen LogP contribution in [0.15, 0.2) is 48.5 Å². The van der Waals surface area contributed by atoms with E-state index in [0.717, 1.165) is 6.54 Å². The van der Waals surface area contributed by atoms with Gasteiger partial charge >= 0.3 is 0 Å². The van der Waals surface area contributed by atoms with Gasteiger partial charge in [0.2, 0.25) is 0 Å². The quantitative estimate of drug-likeness (QED) is 0.750. The molecule has 2 heterocycles. The molecule has 2 bridgehead atoms. The largest absolute Gasteiger partial charge is 0.384 e. The van der Waals surface area contributed by atoms with Gasteiger partial charge in [-0.1, -0.05) is 50.2 Å². The highest BCUT2D eigenvalue weighted by molar-refractivity contribution is 5.65. The maximum atomic E-state index is 3.87. The highest BCUT2D eigenvalue weighted by atomic mass is 15.0. The molecule has 5 atom stereocenters. The minimum atomic E-state index is 0.261. The summed E-state index contributed by atoms with van der Waals surface area (Å²) in [5.41, 5.74) is 5.97. The van der Waals surface area contributed by atoms with Gasteiger partial charge in [0, 0.05) is 35.3 Å². The van der Waals surface area contributed by atoms with E-state index in [9.17, 15) is 0 Å². The summed E-state index contributed by atoms with van der Waals surface area (Å²) in [6, 6.07) is 18.4. The summed E-state index contributed by atoms with van der Waals surface area (Å²) in [4.78, 5) is 0. The molecule has 1 fully saturated rings. The Morgan fingerprint density at radius 3 is 2.45 bits per heavy atom. The second kappa shape index (κ2) is 4.07. The minimum absolute atomic E-state index is 0.261. The second-order valence-electron chi connectivity index (χ2n) is 7.52. The molecular weight excluding hydrogens is 268 g/mol.